The average molecular weight is 407 g/mol. The fraction of sp³-hybridized carbons (Fsp3) is 0.400. The molecule has 0 spiro atoms. The molecule has 2 N–H and O–H groups in total. The largest absolute Gasteiger partial charge is 0.364 e. The van der Waals surface area contributed by atoms with E-state index in [1.807, 2.05) is 4.90 Å². The van der Waals surface area contributed by atoms with E-state index in [1.165, 1.54) is 23.7 Å². The number of amides is 2. The quantitative estimate of drug-likeness (QED) is 0.791. The smallest absolute Gasteiger partial charge is 0.268 e. The van der Waals surface area contributed by atoms with Gasteiger partial charge in [0.15, 0.2) is 0 Å². The summed E-state index contributed by atoms with van der Waals surface area (Å²) < 4.78 is 0. The summed E-state index contributed by atoms with van der Waals surface area (Å²) >= 11 is 0. The highest BCUT2D eigenvalue weighted by atomic mass is 16.7. The molecule has 2 amide bonds. The Balaban J connectivity index is 1.40. The Morgan fingerprint density at radius 2 is 1.93 bits per heavy atom. The average Bonchev–Trinajstić information content (AvgIpc) is 3.29. The van der Waals surface area contributed by atoms with Crippen molar-refractivity contribution in [2.24, 2.45) is 11.7 Å². The molecule has 0 radical (unpaired) electrons. The van der Waals surface area contributed by atoms with Gasteiger partial charge in [0.25, 0.3) is 5.91 Å². The van der Waals surface area contributed by atoms with E-state index in [2.05, 4.69) is 21.0 Å². The highest BCUT2D eigenvalue weighted by molar-refractivity contribution is 5.90. The van der Waals surface area contributed by atoms with E-state index in [1.54, 1.807) is 12.3 Å². The number of aromatic nitrogens is 3. The first kappa shape index (κ1) is 19.7. The van der Waals surface area contributed by atoms with Crippen LogP contribution in [0.25, 0.3) is 0 Å². The molecule has 10 heteroatoms. The van der Waals surface area contributed by atoms with Gasteiger partial charge in [0, 0.05) is 37.8 Å². The molecule has 0 saturated carbocycles. The van der Waals surface area contributed by atoms with Gasteiger partial charge in [-0.25, -0.2) is 15.0 Å². The maximum atomic E-state index is 13.1. The highest BCUT2D eigenvalue weighted by Gasteiger charge is 2.37. The number of nitrogens with two attached hydrogens (primary N) is 1. The first-order valence-electron chi connectivity index (χ1n) is 9.74. The van der Waals surface area contributed by atoms with Crippen molar-refractivity contribution in [2.75, 3.05) is 24.6 Å². The van der Waals surface area contributed by atoms with Crippen molar-refractivity contribution >= 4 is 17.6 Å². The number of carbonyl (C=O) groups is 2. The molecule has 0 bridgehead atoms. The number of rotatable bonds is 4. The first-order valence-corrected chi connectivity index (χ1v) is 9.74. The number of piperidine rings is 1. The maximum Gasteiger partial charge on any atom is 0.268 e. The van der Waals surface area contributed by atoms with Gasteiger partial charge in [-0.1, -0.05) is 0 Å². The van der Waals surface area contributed by atoms with E-state index < -0.39 is 5.91 Å². The number of carbonyl (C=O) groups excluding carboxylic acids is 2. The van der Waals surface area contributed by atoms with Crippen LogP contribution in [0.5, 0.6) is 0 Å². The second-order valence-electron chi connectivity index (χ2n) is 7.31. The lowest BCUT2D eigenvalue weighted by Crippen LogP contribution is -2.42. The fourth-order valence-corrected chi connectivity index (χ4v) is 3.84. The molecule has 154 valence electrons. The number of pyridine rings is 1. The van der Waals surface area contributed by atoms with E-state index >= 15 is 0 Å². The fourth-order valence-electron chi connectivity index (χ4n) is 3.84. The van der Waals surface area contributed by atoms with Crippen LogP contribution in [-0.2, 0) is 9.63 Å². The molecule has 10 nitrogen and oxygen atoms in total. The number of anilines is 1. The summed E-state index contributed by atoms with van der Waals surface area (Å²) in [6.07, 6.45) is 8.04. The molecule has 2 aromatic rings. The minimum Gasteiger partial charge on any atom is -0.364 e. The van der Waals surface area contributed by atoms with Gasteiger partial charge in [0.05, 0.1) is 30.6 Å². The number of nitrogens with zero attached hydrogens (tertiary/aromatic N) is 6. The highest BCUT2D eigenvalue weighted by Crippen LogP contribution is 2.33. The summed E-state index contributed by atoms with van der Waals surface area (Å²) in [5.74, 6) is -0.170. The molecule has 2 saturated heterocycles. The Morgan fingerprint density at radius 3 is 2.60 bits per heavy atom. The minimum absolute atomic E-state index is 0.0466. The van der Waals surface area contributed by atoms with Gasteiger partial charge in [-0.15, -0.1) is 0 Å². The molecule has 2 aromatic heterocycles. The molecule has 0 aliphatic carbocycles. The van der Waals surface area contributed by atoms with Crippen molar-refractivity contribution in [1.29, 1.82) is 5.26 Å². The number of hydrogen-bond donors (Lipinski definition) is 1. The summed E-state index contributed by atoms with van der Waals surface area (Å²) in [6, 6.07) is 3.60. The molecule has 0 unspecified atom stereocenters. The monoisotopic (exact) mass is 407 g/mol. The lowest BCUT2D eigenvalue weighted by molar-refractivity contribution is -0.182. The summed E-state index contributed by atoms with van der Waals surface area (Å²) in [6.45, 7) is 1.74. The Labute approximate surface area is 173 Å². The minimum atomic E-state index is -0.617. The third-order valence-electron chi connectivity index (χ3n) is 5.45. The summed E-state index contributed by atoms with van der Waals surface area (Å²) in [7, 11) is 0. The lowest BCUT2D eigenvalue weighted by Gasteiger charge is -2.34. The van der Waals surface area contributed by atoms with Gasteiger partial charge in [-0.3, -0.25) is 19.4 Å². The van der Waals surface area contributed by atoms with Crippen molar-refractivity contribution in [3.63, 3.8) is 0 Å². The third kappa shape index (κ3) is 3.92. The number of hydrogen-bond acceptors (Lipinski definition) is 8. The van der Waals surface area contributed by atoms with E-state index in [-0.39, 0.29) is 23.6 Å². The van der Waals surface area contributed by atoms with Crippen molar-refractivity contribution in [1.82, 2.24) is 20.0 Å². The van der Waals surface area contributed by atoms with Gasteiger partial charge in [-0.2, -0.15) is 5.26 Å². The first-order chi connectivity index (χ1) is 14.6. The number of hydroxylamine groups is 2. The lowest BCUT2D eigenvalue weighted by atomic mass is 9.94. The predicted octanol–water partition coefficient (Wildman–Crippen LogP) is 0.964. The van der Waals surface area contributed by atoms with Crippen LogP contribution in [0.3, 0.4) is 0 Å². The molecular weight excluding hydrogens is 386 g/mol. The van der Waals surface area contributed by atoms with Crippen LogP contribution >= 0.6 is 0 Å². The van der Waals surface area contributed by atoms with Gasteiger partial charge in [0.1, 0.15) is 17.6 Å². The van der Waals surface area contributed by atoms with Crippen LogP contribution < -0.4 is 10.6 Å². The zero-order chi connectivity index (χ0) is 21.1. The molecular formula is C20H21N7O3. The Kier molecular flexibility index (Phi) is 5.54. The second kappa shape index (κ2) is 8.42. The van der Waals surface area contributed by atoms with Crippen molar-refractivity contribution in [3.05, 3.63) is 47.7 Å². The molecule has 30 heavy (non-hydrogen) atoms. The van der Waals surface area contributed by atoms with E-state index in [0.29, 0.717) is 50.3 Å². The van der Waals surface area contributed by atoms with Gasteiger partial charge < -0.3 is 10.6 Å². The van der Waals surface area contributed by atoms with Gasteiger partial charge in [0.2, 0.25) is 5.91 Å². The van der Waals surface area contributed by atoms with E-state index in [0.717, 1.165) is 5.56 Å². The van der Waals surface area contributed by atoms with Crippen LogP contribution in [0.4, 0.5) is 5.82 Å². The van der Waals surface area contributed by atoms with Crippen molar-refractivity contribution in [3.8, 4) is 6.07 Å². The Bertz CT molecular complexity index is 981. The summed E-state index contributed by atoms with van der Waals surface area (Å²) in [4.78, 5) is 44.3. The maximum absolute atomic E-state index is 13.1. The molecule has 4 heterocycles. The van der Waals surface area contributed by atoms with Crippen LogP contribution in [0.15, 0.2) is 30.9 Å². The number of nitriles is 1. The van der Waals surface area contributed by atoms with Crippen molar-refractivity contribution in [2.45, 2.75) is 25.3 Å². The second-order valence-corrected chi connectivity index (χ2v) is 7.31. The molecule has 0 aromatic carbocycles. The molecule has 2 aliphatic heterocycles. The zero-order valence-corrected chi connectivity index (χ0v) is 16.3. The summed E-state index contributed by atoms with van der Waals surface area (Å²) in [5, 5.41) is 10.6. The zero-order valence-electron chi connectivity index (χ0n) is 16.3. The topological polar surface area (TPSA) is 138 Å². The molecule has 4 rings (SSSR count). The SMILES string of the molecule is N#Cc1cncc([C@@H]2CCON2C(=O)C2CCN(c3cnc(C(N)=O)cn3)CC2)c1. The van der Waals surface area contributed by atoms with Crippen LogP contribution in [0.2, 0.25) is 0 Å². The van der Waals surface area contributed by atoms with Crippen molar-refractivity contribution < 1.29 is 14.4 Å². The normalized spacial score (nSPS) is 19.5. The third-order valence-corrected chi connectivity index (χ3v) is 5.45. The van der Waals surface area contributed by atoms with Crippen LogP contribution in [-0.4, -0.2) is 51.5 Å². The van der Waals surface area contributed by atoms with E-state index in [4.69, 9.17) is 15.8 Å². The Morgan fingerprint density at radius 1 is 1.13 bits per heavy atom. The molecule has 2 fully saturated rings. The van der Waals surface area contributed by atoms with Crippen LogP contribution in [0.1, 0.15) is 46.9 Å². The standard InChI is InChI=1S/C20H21N7O3/c21-8-13-7-15(10-23-9-13)17-3-6-30-27(17)20(29)14-1-4-26(5-2-14)18-12-24-16(11-25-18)19(22)28/h7,9-12,14,17H,1-6H2,(H2,22,28)/t17-/m0/s1. The number of primary amides is 1. The van der Waals surface area contributed by atoms with Crippen LogP contribution in [0, 0.1) is 17.2 Å². The Hall–Kier alpha value is -3.58. The predicted molar refractivity (Wildman–Crippen MR) is 105 cm³/mol. The molecule has 1 atom stereocenters. The summed E-state index contributed by atoms with van der Waals surface area (Å²) in [5.41, 5.74) is 6.58. The molecule has 2 aliphatic rings. The van der Waals surface area contributed by atoms with Gasteiger partial charge in [-0.05, 0) is 24.5 Å². The van der Waals surface area contributed by atoms with E-state index in [9.17, 15) is 9.59 Å². The van der Waals surface area contributed by atoms with Gasteiger partial charge >= 0.3 is 0 Å².